The summed E-state index contributed by atoms with van der Waals surface area (Å²) in [5.74, 6) is -1.32. The molecule has 1 unspecified atom stereocenters. The van der Waals surface area contributed by atoms with Gasteiger partial charge < -0.3 is 26.0 Å². The Balaban J connectivity index is 2.78. The van der Waals surface area contributed by atoms with Crippen molar-refractivity contribution in [3.05, 3.63) is 30.1 Å². The SMILES string of the molecule is CC(=O)NC(CSc1ccc(F)cc1)C(=O)NC(CO)(CO)CO. The number of aliphatic hydroxyl groups excluding tert-OH is 3. The van der Waals surface area contributed by atoms with E-state index in [4.69, 9.17) is 0 Å². The quantitative estimate of drug-likeness (QED) is 0.370. The van der Waals surface area contributed by atoms with Gasteiger partial charge in [0, 0.05) is 17.6 Å². The Bertz CT molecular complexity index is 543. The van der Waals surface area contributed by atoms with Crippen LogP contribution in [0.5, 0.6) is 0 Å². The van der Waals surface area contributed by atoms with E-state index in [2.05, 4.69) is 10.6 Å². The number of hydrogen-bond acceptors (Lipinski definition) is 6. The van der Waals surface area contributed by atoms with Crippen LogP contribution in [-0.2, 0) is 9.59 Å². The van der Waals surface area contributed by atoms with Crippen molar-refractivity contribution in [3.63, 3.8) is 0 Å². The molecule has 5 N–H and O–H groups in total. The monoisotopic (exact) mass is 360 g/mol. The molecule has 0 radical (unpaired) electrons. The first kappa shape index (κ1) is 20.4. The van der Waals surface area contributed by atoms with Crippen molar-refractivity contribution < 1.29 is 29.3 Å². The summed E-state index contributed by atoms with van der Waals surface area (Å²) < 4.78 is 12.9. The molecule has 24 heavy (non-hydrogen) atoms. The molecule has 1 atom stereocenters. The number of carbonyl (C=O) groups is 2. The molecular weight excluding hydrogens is 339 g/mol. The van der Waals surface area contributed by atoms with Crippen molar-refractivity contribution in [1.29, 1.82) is 0 Å². The van der Waals surface area contributed by atoms with Crippen LogP contribution in [0.15, 0.2) is 29.2 Å². The average molecular weight is 360 g/mol. The highest BCUT2D eigenvalue weighted by Crippen LogP contribution is 2.19. The second-order valence-electron chi connectivity index (χ2n) is 5.26. The lowest BCUT2D eigenvalue weighted by atomic mass is 10.0. The number of thioether (sulfide) groups is 1. The van der Waals surface area contributed by atoms with Crippen LogP contribution in [0.25, 0.3) is 0 Å². The van der Waals surface area contributed by atoms with Gasteiger partial charge in [-0.3, -0.25) is 9.59 Å². The van der Waals surface area contributed by atoms with Gasteiger partial charge in [-0.1, -0.05) is 0 Å². The van der Waals surface area contributed by atoms with E-state index < -0.39 is 43.2 Å². The Morgan fingerprint density at radius 3 is 2.17 bits per heavy atom. The minimum absolute atomic E-state index is 0.148. The maximum absolute atomic E-state index is 12.9. The maximum atomic E-state index is 12.9. The molecule has 0 spiro atoms. The van der Waals surface area contributed by atoms with Gasteiger partial charge in [-0.2, -0.15) is 0 Å². The summed E-state index contributed by atoms with van der Waals surface area (Å²) >= 11 is 1.23. The number of aliphatic hydroxyl groups is 3. The van der Waals surface area contributed by atoms with Crippen molar-refractivity contribution in [1.82, 2.24) is 10.6 Å². The molecule has 1 rings (SSSR count). The van der Waals surface area contributed by atoms with E-state index in [0.717, 1.165) is 0 Å². The largest absolute Gasteiger partial charge is 0.394 e. The van der Waals surface area contributed by atoms with Crippen LogP contribution in [0.4, 0.5) is 4.39 Å². The standard InChI is InChI=1S/C15H21FN2O5S/c1-10(22)17-13(6-24-12-4-2-11(16)3-5-12)14(23)18-15(7-19,8-20)9-21/h2-5,13,19-21H,6-9H2,1H3,(H,17,22)(H,18,23). The molecular formula is C15H21FN2O5S. The van der Waals surface area contributed by atoms with Crippen molar-refractivity contribution >= 4 is 23.6 Å². The van der Waals surface area contributed by atoms with Crippen LogP contribution in [0.3, 0.4) is 0 Å². The summed E-state index contributed by atoms with van der Waals surface area (Å²) in [5, 5.41) is 32.6. The Morgan fingerprint density at radius 1 is 1.17 bits per heavy atom. The van der Waals surface area contributed by atoms with Gasteiger partial charge in [-0.15, -0.1) is 11.8 Å². The van der Waals surface area contributed by atoms with Gasteiger partial charge in [0.2, 0.25) is 11.8 Å². The van der Waals surface area contributed by atoms with Gasteiger partial charge >= 0.3 is 0 Å². The number of nitrogens with one attached hydrogen (secondary N) is 2. The lowest BCUT2D eigenvalue weighted by Gasteiger charge is -2.30. The number of hydrogen-bond donors (Lipinski definition) is 5. The summed E-state index contributed by atoms with van der Waals surface area (Å²) in [6.07, 6.45) is 0. The third-order valence-electron chi connectivity index (χ3n) is 3.22. The highest BCUT2D eigenvalue weighted by atomic mass is 32.2. The van der Waals surface area contributed by atoms with Crippen LogP contribution in [0.1, 0.15) is 6.92 Å². The topological polar surface area (TPSA) is 119 Å². The zero-order valence-electron chi connectivity index (χ0n) is 13.2. The van der Waals surface area contributed by atoms with Crippen molar-refractivity contribution in [2.24, 2.45) is 0 Å². The number of carbonyl (C=O) groups excluding carboxylic acids is 2. The molecule has 1 aromatic carbocycles. The summed E-state index contributed by atoms with van der Waals surface area (Å²) in [5.41, 5.74) is -1.58. The van der Waals surface area contributed by atoms with E-state index in [1.165, 1.54) is 30.8 Å². The van der Waals surface area contributed by atoms with Crippen molar-refractivity contribution in [2.75, 3.05) is 25.6 Å². The fourth-order valence-corrected chi connectivity index (χ4v) is 2.68. The van der Waals surface area contributed by atoms with E-state index in [9.17, 15) is 29.3 Å². The summed E-state index contributed by atoms with van der Waals surface area (Å²) in [6.45, 7) is -0.739. The Morgan fingerprint density at radius 2 is 1.71 bits per heavy atom. The third kappa shape index (κ3) is 6.08. The van der Waals surface area contributed by atoms with Crippen LogP contribution >= 0.6 is 11.8 Å². The van der Waals surface area contributed by atoms with Crippen LogP contribution in [-0.4, -0.2) is 64.3 Å². The number of benzene rings is 1. The van der Waals surface area contributed by atoms with Gasteiger partial charge in [-0.05, 0) is 24.3 Å². The second-order valence-corrected chi connectivity index (χ2v) is 6.36. The minimum Gasteiger partial charge on any atom is -0.394 e. The molecule has 0 fully saturated rings. The summed E-state index contributed by atoms with van der Waals surface area (Å²) in [4.78, 5) is 24.3. The summed E-state index contributed by atoms with van der Waals surface area (Å²) in [7, 11) is 0. The molecule has 134 valence electrons. The third-order valence-corrected chi connectivity index (χ3v) is 4.33. The molecule has 0 saturated heterocycles. The minimum atomic E-state index is -1.58. The van der Waals surface area contributed by atoms with Gasteiger partial charge in [0.05, 0.1) is 19.8 Å². The molecule has 7 nitrogen and oxygen atoms in total. The molecule has 1 aromatic rings. The number of rotatable bonds is 9. The lowest BCUT2D eigenvalue weighted by molar-refractivity contribution is -0.130. The molecule has 0 bridgehead atoms. The lowest BCUT2D eigenvalue weighted by Crippen LogP contribution is -2.61. The van der Waals surface area contributed by atoms with Crippen LogP contribution in [0, 0.1) is 5.82 Å². The number of amides is 2. The average Bonchev–Trinajstić information content (AvgIpc) is 2.57. The zero-order chi connectivity index (χ0) is 18.2. The first-order valence-corrected chi connectivity index (χ1v) is 8.14. The van der Waals surface area contributed by atoms with E-state index in [1.807, 2.05) is 0 Å². The smallest absolute Gasteiger partial charge is 0.244 e. The van der Waals surface area contributed by atoms with E-state index in [0.29, 0.717) is 4.90 Å². The molecule has 0 aliphatic rings. The van der Waals surface area contributed by atoms with Gasteiger partial charge in [-0.25, -0.2) is 4.39 Å². The van der Waals surface area contributed by atoms with Gasteiger partial charge in [0.1, 0.15) is 17.4 Å². The van der Waals surface area contributed by atoms with Gasteiger partial charge in [0.25, 0.3) is 0 Å². The Hall–Kier alpha value is -1.68. The Labute approximate surface area is 143 Å². The molecule has 0 aliphatic heterocycles. The molecule has 9 heteroatoms. The highest BCUT2D eigenvalue weighted by molar-refractivity contribution is 7.99. The molecule has 0 saturated carbocycles. The van der Waals surface area contributed by atoms with Crippen molar-refractivity contribution in [2.45, 2.75) is 23.4 Å². The fourth-order valence-electron chi connectivity index (χ4n) is 1.76. The summed E-state index contributed by atoms with van der Waals surface area (Å²) in [6, 6.07) is 4.69. The second kappa shape index (κ2) is 9.58. The molecule has 0 aliphatic carbocycles. The van der Waals surface area contributed by atoms with E-state index >= 15 is 0 Å². The predicted molar refractivity (Wildman–Crippen MR) is 86.9 cm³/mol. The van der Waals surface area contributed by atoms with E-state index in [-0.39, 0.29) is 11.6 Å². The first-order chi connectivity index (χ1) is 11.4. The zero-order valence-corrected chi connectivity index (χ0v) is 14.0. The number of halogens is 1. The van der Waals surface area contributed by atoms with Crippen LogP contribution < -0.4 is 10.6 Å². The fraction of sp³-hybridized carbons (Fsp3) is 0.467. The first-order valence-electron chi connectivity index (χ1n) is 7.16. The maximum Gasteiger partial charge on any atom is 0.244 e. The molecule has 0 heterocycles. The molecule has 0 aromatic heterocycles. The highest BCUT2D eigenvalue weighted by Gasteiger charge is 2.33. The Kier molecular flexibility index (Phi) is 8.13. The normalized spacial score (nSPS) is 12.5. The van der Waals surface area contributed by atoms with Crippen LogP contribution in [0.2, 0.25) is 0 Å². The van der Waals surface area contributed by atoms with Crippen molar-refractivity contribution in [3.8, 4) is 0 Å². The van der Waals surface area contributed by atoms with Gasteiger partial charge in [0.15, 0.2) is 0 Å². The molecule has 2 amide bonds. The predicted octanol–water partition coefficient (Wildman–Crippen LogP) is -0.746. The van der Waals surface area contributed by atoms with E-state index in [1.54, 1.807) is 12.1 Å².